The third-order valence-corrected chi connectivity index (χ3v) is 14.1. The van der Waals surface area contributed by atoms with Gasteiger partial charge in [0.05, 0.1) is 131 Å². The number of hydrogen-bond donors (Lipinski definition) is 1. The van der Waals surface area contributed by atoms with Crippen molar-refractivity contribution in [3.63, 3.8) is 0 Å². The number of piperidine rings is 1. The summed E-state index contributed by atoms with van der Waals surface area (Å²) >= 11 is 0. The second-order valence-corrected chi connectivity index (χ2v) is 19.7. The number of aromatic nitrogens is 6. The average molecular weight is 1110 g/mol. The van der Waals surface area contributed by atoms with Crippen LogP contribution in [0.15, 0.2) is 48.7 Å². The normalized spacial score (nSPS) is 18.9. The van der Waals surface area contributed by atoms with E-state index >= 15 is 0 Å². The van der Waals surface area contributed by atoms with Crippen LogP contribution in [-0.2, 0) is 67.1 Å². The summed E-state index contributed by atoms with van der Waals surface area (Å²) in [5.74, 6) is -6.92. The molecule has 2 saturated heterocycles. The molecule has 78 heavy (non-hydrogen) atoms. The molecule has 0 radical (unpaired) electrons. The fraction of sp³-hybridized carbons (Fsp3) is 0.667. The fourth-order valence-electron chi connectivity index (χ4n) is 10.1. The van der Waals surface area contributed by atoms with E-state index in [0.29, 0.717) is 135 Å². The Morgan fingerprint density at radius 1 is 0.679 bits per heavy atom. The highest BCUT2D eigenvalue weighted by atomic mass is 19.3. The number of rotatable bonds is 37. The summed E-state index contributed by atoms with van der Waals surface area (Å²) in [5, 5.41) is 20.5. The predicted molar refractivity (Wildman–Crippen MR) is 271 cm³/mol. The number of esters is 1. The molecule has 2 aromatic carbocycles. The number of alkyl halides is 2. The van der Waals surface area contributed by atoms with Crippen LogP contribution in [0.2, 0.25) is 0 Å². The van der Waals surface area contributed by atoms with Crippen LogP contribution in [0.4, 0.5) is 22.0 Å². The number of carbonyl (C=O) groups is 2. The molecule has 432 valence electrons. The van der Waals surface area contributed by atoms with Crippen molar-refractivity contribution in [2.24, 2.45) is 5.92 Å². The van der Waals surface area contributed by atoms with Crippen LogP contribution in [0.1, 0.15) is 99.2 Å². The van der Waals surface area contributed by atoms with Crippen LogP contribution in [0.25, 0.3) is 0 Å². The van der Waals surface area contributed by atoms with Gasteiger partial charge in [-0.2, -0.15) is 0 Å². The third-order valence-electron chi connectivity index (χ3n) is 14.1. The molecule has 4 aromatic rings. The minimum atomic E-state index is -2.67. The van der Waals surface area contributed by atoms with E-state index in [1.54, 1.807) is 10.9 Å². The number of ether oxygens (including phenoxy) is 9. The summed E-state index contributed by atoms with van der Waals surface area (Å²) in [5.41, 5.74) is 1.73. The van der Waals surface area contributed by atoms with Crippen molar-refractivity contribution in [2.45, 2.75) is 121 Å². The maximum absolute atomic E-state index is 13.8. The van der Waals surface area contributed by atoms with E-state index < -0.39 is 35.1 Å². The van der Waals surface area contributed by atoms with Crippen molar-refractivity contribution in [2.75, 3.05) is 106 Å². The molecule has 24 heteroatoms. The molecular formula is C54H75F5N8O11. The molecule has 2 unspecified atom stereocenters. The largest absolute Gasteiger partial charge is 0.420 e. The Balaban J connectivity index is 0.644. The summed E-state index contributed by atoms with van der Waals surface area (Å²) in [7, 11) is 0. The number of hydrogen-bond acceptors (Lipinski definition) is 16. The Morgan fingerprint density at radius 2 is 1.24 bits per heavy atom. The number of nitrogens with one attached hydrogen (secondary N) is 1. The zero-order chi connectivity index (χ0) is 55.0. The molecule has 1 aliphatic carbocycles. The number of carbonyl (C=O) groups excluding carboxylic acids is 2. The highest BCUT2D eigenvalue weighted by Crippen LogP contribution is 2.42. The molecule has 1 amide bonds. The van der Waals surface area contributed by atoms with Gasteiger partial charge in [-0.3, -0.25) is 14.5 Å². The van der Waals surface area contributed by atoms with Crippen LogP contribution >= 0.6 is 0 Å². The molecule has 19 nitrogen and oxygen atoms in total. The molecule has 3 atom stereocenters. The highest BCUT2D eigenvalue weighted by molar-refractivity contribution is 5.79. The smallest absolute Gasteiger partial charge is 0.313 e. The summed E-state index contributed by atoms with van der Waals surface area (Å²) in [6.07, 6.45) is 7.20. The third kappa shape index (κ3) is 19.9. The molecule has 1 saturated carbocycles. The van der Waals surface area contributed by atoms with Crippen LogP contribution in [0.5, 0.6) is 5.75 Å². The first-order valence-electron chi connectivity index (χ1n) is 27.2. The Labute approximate surface area is 452 Å². The Morgan fingerprint density at radius 3 is 1.86 bits per heavy atom. The summed E-state index contributed by atoms with van der Waals surface area (Å²) in [6, 6.07) is 11.8. The van der Waals surface area contributed by atoms with Gasteiger partial charge >= 0.3 is 5.97 Å². The predicted octanol–water partition coefficient (Wildman–Crippen LogP) is 6.71. The van der Waals surface area contributed by atoms with E-state index in [4.69, 9.17) is 37.9 Å². The van der Waals surface area contributed by atoms with Crippen LogP contribution in [0, 0.1) is 30.3 Å². The van der Waals surface area contributed by atoms with Gasteiger partial charge in [0.2, 0.25) is 17.6 Å². The zero-order valence-electron chi connectivity index (χ0n) is 44.5. The SMILES string of the molecule is Cc1nnc(CCOCCOCCOCCOCc2cn(CCOCCOCCOCCOCCC(=O)Oc3c(F)cc(F)cc3F)nn2)n1C1CC2CCC(C1)N2CC[C@H](NC(=O)C1CCC(F)(F)CC1)c1ccccc1. The van der Waals surface area contributed by atoms with Crippen molar-refractivity contribution < 1.29 is 74.2 Å². The van der Waals surface area contributed by atoms with Gasteiger partial charge in [-0.15, -0.1) is 15.3 Å². The van der Waals surface area contributed by atoms with Gasteiger partial charge in [-0.1, -0.05) is 35.5 Å². The van der Waals surface area contributed by atoms with Gasteiger partial charge in [0.25, 0.3) is 0 Å². The fourth-order valence-corrected chi connectivity index (χ4v) is 10.1. The van der Waals surface area contributed by atoms with E-state index in [1.165, 1.54) is 0 Å². The van der Waals surface area contributed by atoms with Gasteiger partial charge in [-0.25, -0.2) is 26.6 Å². The minimum Gasteiger partial charge on any atom is -0.420 e. The molecular weight excluding hydrogens is 1030 g/mol. The van der Waals surface area contributed by atoms with Crippen LogP contribution < -0.4 is 10.1 Å². The average Bonchev–Trinajstić information content (AvgIpc) is 4.17. The monoisotopic (exact) mass is 1110 g/mol. The Bertz CT molecular complexity index is 2360. The molecule has 2 aliphatic heterocycles. The van der Waals surface area contributed by atoms with Gasteiger partial charge in [-0.05, 0) is 57.4 Å². The number of benzene rings is 2. The number of fused-ring (bicyclic) bond motifs is 2. The number of halogens is 5. The van der Waals surface area contributed by atoms with E-state index in [-0.39, 0.29) is 69.8 Å². The van der Waals surface area contributed by atoms with Crippen LogP contribution in [-0.4, -0.2) is 170 Å². The molecule has 4 heterocycles. The Kier molecular flexibility index (Phi) is 25.1. The van der Waals surface area contributed by atoms with E-state index in [2.05, 4.69) is 40.0 Å². The molecule has 3 aliphatic rings. The van der Waals surface area contributed by atoms with Crippen molar-refractivity contribution in [1.29, 1.82) is 0 Å². The molecule has 3 fully saturated rings. The van der Waals surface area contributed by atoms with Gasteiger partial charge < -0.3 is 52.5 Å². The maximum Gasteiger partial charge on any atom is 0.313 e. The summed E-state index contributed by atoms with van der Waals surface area (Å²) < 4.78 is 121. The molecule has 0 spiro atoms. The van der Waals surface area contributed by atoms with E-state index in [9.17, 15) is 31.5 Å². The zero-order valence-corrected chi connectivity index (χ0v) is 44.5. The van der Waals surface area contributed by atoms with Gasteiger partial charge in [0.15, 0.2) is 11.6 Å². The first kappa shape index (κ1) is 60.6. The molecule has 7 rings (SSSR count). The summed E-state index contributed by atoms with van der Waals surface area (Å²) in [6.45, 7) is 8.95. The van der Waals surface area contributed by atoms with E-state index in [1.807, 2.05) is 37.3 Å². The molecule has 2 bridgehead atoms. The highest BCUT2D eigenvalue weighted by Gasteiger charge is 2.43. The number of amides is 1. The maximum atomic E-state index is 13.8. The minimum absolute atomic E-state index is 0.0504. The molecule has 2 aromatic heterocycles. The van der Waals surface area contributed by atoms with Crippen LogP contribution in [0.3, 0.4) is 0 Å². The second kappa shape index (κ2) is 32.3. The quantitative estimate of drug-likeness (QED) is 0.0217. The number of aryl methyl sites for hydroxylation is 1. The number of nitrogens with zero attached hydrogens (tertiary/aromatic N) is 7. The lowest BCUT2D eigenvalue weighted by Crippen LogP contribution is -2.45. The molecule has 1 N–H and O–H groups in total. The topological polar surface area (TPSA) is 194 Å². The first-order chi connectivity index (χ1) is 37.9. The lowest BCUT2D eigenvalue weighted by Gasteiger charge is -2.40. The lowest BCUT2D eigenvalue weighted by molar-refractivity contribution is -0.136. The van der Waals surface area contributed by atoms with Crippen molar-refractivity contribution in [3.8, 4) is 5.75 Å². The van der Waals surface area contributed by atoms with Crippen molar-refractivity contribution in [1.82, 2.24) is 40.0 Å². The second-order valence-electron chi connectivity index (χ2n) is 19.7. The summed E-state index contributed by atoms with van der Waals surface area (Å²) in [4.78, 5) is 27.7. The lowest BCUT2D eigenvalue weighted by atomic mass is 9.86. The van der Waals surface area contributed by atoms with Gasteiger partial charge in [0.1, 0.15) is 23.2 Å². The van der Waals surface area contributed by atoms with E-state index in [0.717, 1.165) is 55.9 Å². The van der Waals surface area contributed by atoms with Crippen molar-refractivity contribution >= 4 is 11.9 Å². The van der Waals surface area contributed by atoms with Crippen molar-refractivity contribution in [3.05, 3.63) is 89.0 Å². The Hall–Kier alpha value is -5.05. The standard InChI is InChI=1S/C54H75F5N8O11/c1-39-61-63-50(67(39)46-35-44-7-8-45(36-46)66(44)16-11-49(40-5-3-2-4-6-40)60-53(69)41-9-14-54(58,59)15-10-41)12-18-70-21-24-73-29-30-76-31-32-77-38-43-37-65(64-62-43)17-20-72-23-26-75-28-27-74-25-22-71-19-13-51(68)78-52-47(56)33-42(55)34-48(52)57/h2-6,33-34,37,41,44-46,49H,7-32,35-36,38H2,1H3,(H,60,69)/t44?,45?,46?,49-/m0/s1. The first-order valence-corrected chi connectivity index (χ1v) is 27.2. The van der Waals surface area contributed by atoms with Gasteiger partial charge in [0, 0.05) is 62.0 Å².